The van der Waals surface area contributed by atoms with Gasteiger partial charge in [0.1, 0.15) is 10.9 Å². The zero-order valence-electron chi connectivity index (χ0n) is 11.6. The minimum absolute atomic E-state index is 0.175. The third-order valence-electron chi connectivity index (χ3n) is 2.99. The number of halogens is 2. The number of pyridine rings is 1. The summed E-state index contributed by atoms with van der Waals surface area (Å²) < 4.78 is 5.88. The summed E-state index contributed by atoms with van der Waals surface area (Å²) in [5.74, 6) is 0.472. The van der Waals surface area contributed by atoms with Crippen molar-refractivity contribution in [3.05, 3.63) is 57.3 Å². The number of methoxy groups -OCH3 is 1. The molecule has 1 aromatic heterocycles. The van der Waals surface area contributed by atoms with Gasteiger partial charge in [0.2, 0.25) is 0 Å². The van der Waals surface area contributed by atoms with E-state index in [2.05, 4.69) is 26.2 Å². The molecule has 110 valence electrons. The number of ether oxygens (including phenoxy) is 1. The zero-order valence-corrected chi connectivity index (χ0v) is 13.9. The third kappa shape index (κ3) is 3.95. The Morgan fingerprint density at radius 2 is 2.19 bits per heavy atom. The second kappa shape index (κ2) is 6.91. The van der Waals surface area contributed by atoms with Crippen LogP contribution in [-0.2, 0) is 0 Å². The number of aromatic nitrogens is 1. The summed E-state index contributed by atoms with van der Waals surface area (Å²) >= 11 is 9.23. The standard InChI is InChI=1S/C15H14BrClN2O2/c1-9(10-4-3-5-12(6-10)21-2)19-15(20)13-7-11(16)8-18-14(13)17/h3-9H,1-2H3,(H,19,20). The smallest absolute Gasteiger partial charge is 0.254 e. The van der Waals surface area contributed by atoms with Gasteiger partial charge in [0.25, 0.3) is 5.91 Å². The highest BCUT2D eigenvalue weighted by Crippen LogP contribution is 2.21. The third-order valence-corrected chi connectivity index (χ3v) is 3.73. The number of hydrogen-bond acceptors (Lipinski definition) is 3. The Labute approximate surface area is 136 Å². The Bertz CT molecular complexity index is 664. The lowest BCUT2D eigenvalue weighted by Gasteiger charge is -2.15. The van der Waals surface area contributed by atoms with Crippen molar-refractivity contribution < 1.29 is 9.53 Å². The lowest BCUT2D eigenvalue weighted by Crippen LogP contribution is -2.27. The van der Waals surface area contributed by atoms with E-state index in [9.17, 15) is 4.79 Å². The van der Waals surface area contributed by atoms with E-state index in [1.807, 2.05) is 31.2 Å². The molecular formula is C15H14BrClN2O2. The van der Waals surface area contributed by atoms with Gasteiger partial charge in [-0.15, -0.1) is 0 Å². The molecule has 0 bridgehead atoms. The summed E-state index contributed by atoms with van der Waals surface area (Å²) in [6, 6.07) is 9.00. The van der Waals surface area contributed by atoms with Gasteiger partial charge in [0.15, 0.2) is 0 Å². The van der Waals surface area contributed by atoms with E-state index in [0.717, 1.165) is 11.3 Å². The fourth-order valence-electron chi connectivity index (χ4n) is 1.85. The van der Waals surface area contributed by atoms with Crippen LogP contribution in [0.15, 0.2) is 41.0 Å². The predicted octanol–water partition coefficient (Wildman–Crippen LogP) is 4.00. The summed E-state index contributed by atoms with van der Waals surface area (Å²) in [4.78, 5) is 16.2. The number of amides is 1. The highest BCUT2D eigenvalue weighted by molar-refractivity contribution is 9.10. The molecule has 1 atom stereocenters. The van der Waals surface area contributed by atoms with E-state index >= 15 is 0 Å². The second-order valence-corrected chi connectivity index (χ2v) is 5.74. The molecule has 1 unspecified atom stereocenters. The molecule has 1 N–H and O–H groups in total. The van der Waals surface area contributed by atoms with Crippen molar-refractivity contribution >= 4 is 33.4 Å². The Hall–Kier alpha value is -1.59. The summed E-state index contributed by atoms with van der Waals surface area (Å²) in [6.45, 7) is 1.89. The second-order valence-electron chi connectivity index (χ2n) is 4.46. The number of nitrogens with zero attached hydrogens (tertiary/aromatic N) is 1. The van der Waals surface area contributed by atoms with Crippen LogP contribution in [0.3, 0.4) is 0 Å². The molecule has 21 heavy (non-hydrogen) atoms. The first-order valence-electron chi connectivity index (χ1n) is 6.27. The zero-order chi connectivity index (χ0) is 15.4. The molecule has 1 heterocycles. The van der Waals surface area contributed by atoms with Crippen molar-refractivity contribution in [3.8, 4) is 5.75 Å². The normalized spacial score (nSPS) is 11.8. The van der Waals surface area contributed by atoms with E-state index < -0.39 is 0 Å². The van der Waals surface area contributed by atoms with Crippen LogP contribution in [0.25, 0.3) is 0 Å². The number of carbonyl (C=O) groups is 1. The van der Waals surface area contributed by atoms with Crippen LogP contribution in [0.5, 0.6) is 5.75 Å². The van der Waals surface area contributed by atoms with Crippen molar-refractivity contribution in [3.63, 3.8) is 0 Å². The van der Waals surface area contributed by atoms with E-state index in [4.69, 9.17) is 16.3 Å². The number of nitrogens with one attached hydrogen (secondary N) is 1. The molecule has 1 aromatic carbocycles. The Morgan fingerprint density at radius 3 is 2.90 bits per heavy atom. The molecule has 4 nitrogen and oxygen atoms in total. The summed E-state index contributed by atoms with van der Waals surface area (Å²) in [7, 11) is 1.61. The maximum Gasteiger partial charge on any atom is 0.254 e. The average Bonchev–Trinajstić information content (AvgIpc) is 2.49. The van der Waals surface area contributed by atoms with Crippen molar-refractivity contribution in [2.75, 3.05) is 7.11 Å². The first kappa shape index (κ1) is 15.8. The minimum Gasteiger partial charge on any atom is -0.497 e. The quantitative estimate of drug-likeness (QED) is 0.829. The van der Waals surface area contributed by atoms with Crippen molar-refractivity contribution in [2.45, 2.75) is 13.0 Å². The molecule has 1 amide bonds. The molecule has 2 aromatic rings. The predicted molar refractivity (Wildman–Crippen MR) is 85.8 cm³/mol. The van der Waals surface area contributed by atoms with Gasteiger partial charge in [-0.05, 0) is 46.6 Å². The van der Waals surface area contributed by atoms with Crippen LogP contribution in [-0.4, -0.2) is 18.0 Å². The van der Waals surface area contributed by atoms with E-state index in [1.165, 1.54) is 0 Å². The van der Waals surface area contributed by atoms with Crippen LogP contribution >= 0.6 is 27.5 Å². The monoisotopic (exact) mass is 368 g/mol. The van der Waals surface area contributed by atoms with Crippen LogP contribution < -0.4 is 10.1 Å². The summed E-state index contributed by atoms with van der Waals surface area (Å²) in [5, 5.41) is 3.07. The van der Waals surface area contributed by atoms with Gasteiger partial charge in [-0.2, -0.15) is 0 Å². The maximum absolute atomic E-state index is 12.3. The topological polar surface area (TPSA) is 51.2 Å². The van der Waals surface area contributed by atoms with Crippen LogP contribution in [0.1, 0.15) is 28.9 Å². The van der Waals surface area contributed by atoms with Gasteiger partial charge >= 0.3 is 0 Å². The fraction of sp³-hybridized carbons (Fsp3) is 0.200. The average molecular weight is 370 g/mol. The van der Waals surface area contributed by atoms with Crippen LogP contribution in [0, 0.1) is 0 Å². The molecule has 2 rings (SSSR count). The van der Waals surface area contributed by atoms with Crippen molar-refractivity contribution in [1.82, 2.24) is 10.3 Å². The first-order valence-corrected chi connectivity index (χ1v) is 7.44. The number of carbonyl (C=O) groups excluding carboxylic acids is 1. The minimum atomic E-state index is -0.274. The van der Waals surface area contributed by atoms with Gasteiger partial charge in [-0.3, -0.25) is 4.79 Å². The number of hydrogen-bond donors (Lipinski definition) is 1. The highest BCUT2D eigenvalue weighted by atomic mass is 79.9. The Balaban J connectivity index is 2.16. The molecular weight excluding hydrogens is 356 g/mol. The number of benzene rings is 1. The molecule has 0 radical (unpaired) electrons. The summed E-state index contributed by atoms with van der Waals surface area (Å²) in [6.07, 6.45) is 1.55. The van der Waals surface area contributed by atoms with E-state index in [1.54, 1.807) is 19.4 Å². The largest absolute Gasteiger partial charge is 0.497 e. The SMILES string of the molecule is COc1cccc(C(C)NC(=O)c2cc(Br)cnc2Cl)c1. The van der Waals surface area contributed by atoms with E-state index in [0.29, 0.717) is 10.0 Å². The number of rotatable bonds is 4. The Kier molecular flexibility index (Phi) is 5.20. The van der Waals surface area contributed by atoms with E-state index in [-0.39, 0.29) is 17.1 Å². The van der Waals surface area contributed by atoms with Gasteiger partial charge in [-0.1, -0.05) is 23.7 Å². The molecule has 0 aliphatic heterocycles. The Morgan fingerprint density at radius 1 is 1.43 bits per heavy atom. The molecule has 0 fully saturated rings. The first-order chi connectivity index (χ1) is 10.0. The lowest BCUT2D eigenvalue weighted by molar-refractivity contribution is 0.0939. The van der Waals surface area contributed by atoms with Crippen LogP contribution in [0.2, 0.25) is 5.15 Å². The molecule has 0 aliphatic carbocycles. The highest BCUT2D eigenvalue weighted by Gasteiger charge is 2.15. The lowest BCUT2D eigenvalue weighted by atomic mass is 10.1. The molecule has 0 saturated heterocycles. The van der Waals surface area contributed by atoms with Gasteiger partial charge in [0.05, 0.1) is 18.7 Å². The van der Waals surface area contributed by atoms with Crippen molar-refractivity contribution in [2.24, 2.45) is 0 Å². The van der Waals surface area contributed by atoms with Crippen molar-refractivity contribution in [1.29, 1.82) is 0 Å². The van der Waals surface area contributed by atoms with Crippen LogP contribution in [0.4, 0.5) is 0 Å². The van der Waals surface area contributed by atoms with Gasteiger partial charge in [0, 0.05) is 10.7 Å². The molecule has 0 aliphatic rings. The molecule has 6 heteroatoms. The fourth-order valence-corrected chi connectivity index (χ4v) is 2.37. The molecule has 0 saturated carbocycles. The summed E-state index contributed by atoms with van der Waals surface area (Å²) in [5.41, 5.74) is 1.28. The molecule has 0 spiro atoms. The van der Waals surface area contributed by atoms with Gasteiger partial charge < -0.3 is 10.1 Å². The maximum atomic E-state index is 12.3. The van der Waals surface area contributed by atoms with Gasteiger partial charge in [-0.25, -0.2) is 4.98 Å².